The van der Waals surface area contributed by atoms with Gasteiger partial charge in [0.2, 0.25) is 0 Å². The van der Waals surface area contributed by atoms with E-state index in [9.17, 15) is 10.4 Å². The molecule has 0 bridgehead atoms. The normalized spacial score (nSPS) is 8.12. The summed E-state index contributed by atoms with van der Waals surface area (Å²) in [5, 5.41) is 37.6. The molecule has 0 saturated carbocycles. The molecule has 2 N–H and O–H groups in total. The Morgan fingerprint density at radius 1 is 1.19 bits per heavy atom. The maximum atomic E-state index is 9.95. The van der Waals surface area contributed by atoms with Gasteiger partial charge >= 0.3 is 88.7 Å². The molecule has 0 saturated heterocycles. The number of rotatable bonds is 3. The second-order valence-corrected chi connectivity index (χ2v) is 1.99. The molecule has 78 valence electrons. The Hall–Kier alpha value is 1.16. The van der Waals surface area contributed by atoms with Crippen molar-refractivity contribution in [2.45, 2.75) is 19.9 Å². The number of nitrogens with one attached hydrogen (secondary N) is 2. The Balaban J connectivity index is -0.0000000454. The minimum atomic E-state index is -1.18. The molecule has 0 fully saturated rings. The van der Waals surface area contributed by atoms with Crippen LogP contribution in [0, 0.1) is 25.7 Å². The number of hydrogen-bond acceptors (Lipinski definition) is 6. The van der Waals surface area contributed by atoms with Crippen LogP contribution in [0.1, 0.15) is 13.8 Å². The number of nitrogens with zero attached hydrogens (tertiary/aromatic N) is 3. The maximum absolute atomic E-state index is 9.95. The van der Waals surface area contributed by atoms with E-state index >= 15 is 0 Å². The molecule has 0 aromatic carbocycles. The predicted octanol–water partition coefficient (Wildman–Crippen LogP) is -9.36. The molecule has 0 rings (SSSR count). The average molecular weight is 264 g/mol. The topological polar surface area (TPSA) is 152 Å². The summed E-state index contributed by atoms with van der Waals surface area (Å²) in [6.45, 7) is 3.46. The molecule has 0 amide bonds. The molecule has 16 heavy (non-hydrogen) atoms. The number of nitro groups is 1. The fourth-order valence-corrected chi connectivity index (χ4v) is 0.244. The summed E-state index contributed by atoms with van der Waals surface area (Å²) in [6.07, 6.45) is 0. The van der Waals surface area contributed by atoms with Crippen LogP contribution in [0.3, 0.4) is 0 Å². The molecule has 0 heterocycles. The van der Waals surface area contributed by atoms with E-state index in [1.807, 2.05) is 5.28 Å². The van der Waals surface area contributed by atoms with Crippen LogP contribution >= 0.6 is 0 Å². The van der Waals surface area contributed by atoms with E-state index in [1.54, 1.807) is 13.8 Å². The fraction of sp³-hybridized carbons (Fsp3) is 1.00. The van der Waals surface area contributed by atoms with Gasteiger partial charge in [-0.05, 0) is 19.1 Å². The Labute approximate surface area is 158 Å². The zero-order valence-corrected chi connectivity index (χ0v) is 16.0. The first-order valence-electron chi connectivity index (χ1n) is 3.03. The van der Waals surface area contributed by atoms with Crippen LogP contribution in [0.5, 0.6) is 0 Å². The van der Waals surface area contributed by atoms with Gasteiger partial charge in [-0.3, -0.25) is 0 Å². The minimum absolute atomic E-state index is 0. The van der Waals surface area contributed by atoms with Crippen molar-refractivity contribution in [3.8, 4) is 0 Å². The number of hydrogen-bond donors (Lipinski definition) is 2. The molecule has 0 spiro atoms. The molecular weight excluding hydrogens is 255 g/mol. The SMILES string of the molecule is CC(C)N/[N+]([O-])=N/[O-].O=[N+]([O-])N[O-].[Na+].[Na+].[Na+]. The first kappa shape index (κ1) is 30.3. The van der Waals surface area contributed by atoms with E-state index in [4.69, 9.17) is 15.3 Å². The largest absolute Gasteiger partial charge is 1.00 e. The smallest absolute Gasteiger partial charge is 0.737 e. The zero-order valence-electron chi connectivity index (χ0n) is 9.96. The molecule has 0 aromatic heterocycles. The zero-order chi connectivity index (χ0) is 10.9. The fourth-order valence-electron chi connectivity index (χ4n) is 0.244. The van der Waals surface area contributed by atoms with E-state index in [-0.39, 0.29) is 99.7 Å². The maximum Gasteiger partial charge on any atom is 1.00 e. The van der Waals surface area contributed by atoms with Crippen molar-refractivity contribution in [2.24, 2.45) is 5.28 Å². The third kappa shape index (κ3) is 36.2. The van der Waals surface area contributed by atoms with Gasteiger partial charge in [0.25, 0.3) is 0 Å². The second kappa shape index (κ2) is 21.4. The van der Waals surface area contributed by atoms with Gasteiger partial charge in [0.05, 0.1) is 6.04 Å². The Morgan fingerprint density at radius 2 is 1.50 bits per heavy atom. The number of hydrazine groups is 2. The molecule has 0 aromatic rings. The van der Waals surface area contributed by atoms with Crippen LogP contribution in [0.15, 0.2) is 5.28 Å². The first-order valence-corrected chi connectivity index (χ1v) is 3.03. The van der Waals surface area contributed by atoms with E-state index in [1.165, 1.54) is 0 Å². The van der Waals surface area contributed by atoms with Crippen LogP contribution in [0.25, 0.3) is 0 Å². The van der Waals surface area contributed by atoms with Crippen molar-refractivity contribution < 1.29 is 98.7 Å². The summed E-state index contributed by atoms with van der Waals surface area (Å²) in [5.74, 6) is 0. The van der Waals surface area contributed by atoms with Crippen LogP contribution in [0.2, 0.25) is 0 Å². The Kier molecular flexibility index (Phi) is 40.6. The molecule has 0 aliphatic heterocycles. The third-order valence-corrected chi connectivity index (χ3v) is 0.517. The monoisotopic (exact) mass is 264 g/mol. The predicted molar refractivity (Wildman–Crippen MR) is 41.2 cm³/mol. The van der Waals surface area contributed by atoms with Gasteiger partial charge in [-0.1, -0.05) is 0 Å². The quantitative estimate of drug-likeness (QED) is 0.169. The Morgan fingerprint density at radius 3 is 1.56 bits per heavy atom. The summed E-state index contributed by atoms with van der Waals surface area (Å²) in [5.41, 5.74) is 2.69. The summed E-state index contributed by atoms with van der Waals surface area (Å²) >= 11 is 0. The average Bonchev–Trinajstić information content (AvgIpc) is 2.04. The molecule has 0 aliphatic rings. The van der Waals surface area contributed by atoms with E-state index < -0.39 is 5.03 Å². The molecule has 0 unspecified atom stereocenters. The summed E-state index contributed by atoms with van der Waals surface area (Å²) < 4.78 is 0. The van der Waals surface area contributed by atoms with Gasteiger partial charge in [-0.25, -0.2) is 10.1 Å². The van der Waals surface area contributed by atoms with Crippen molar-refractivity contribution in [1.29, 1.82) is 0 Å². The van der Waals surface area contributed by atoms with E-state index in [2.05, 4.69) is 5.43 Å². The second-order valence-electron chi connectivity index (χ2n) is 1.99. The third-order valence-electron chi connectivity index (χ3n) is 0.517. The molecule has 0 atom stereocenters. The minimum Gasteiger partial charge on any atom is -0.737 e. The summed E-state index contributed by atoms with van der Waals surface area (Å²) in [4.78, 5) is 8.64. The standard InChI is InChI=1S/C3H9N3O2.HN2O3.3Na/c1-3(2)4-6(8)5-7;3-1-2(4)5;;;/h3,7H,1-2H3,(H,4,5);1H;;;/q;-1;3*+1/p-1. The van der Waals surface area contributed by atoms with Crippen LogP contribution in [-0.2, 0) is 0 Å². The van der Waals surface area contributed by atoms with E-state index in [0.29, 0.717) is 5.59 Å². The first-order chi connectivity index (χ1) is 5.93. The van der Waals surface area contributed by atoms with Crippen molar-refractivity contribution >= 4 is 0 Å². The summed E-state index contributed by atoms with van der Waals surface area (Å²) in [7, 11) is 0. The van der Waals surface area contributed by atoms with Gasteiger partial charge in [0.1, 0.15) is 5.03 Å². The van der Waals surface area contributed by atoms with E-state index in [0.717, 1.165) is 0 Å². The van der Waals surface area contributed by atoms with Crippen molar-refractivity contribution in [1.82, 2.24) is 11.0 Å². The van der Waals surface area contributed by atoms with Crippen molar-refractivity contribution in [2.75, 3.05) is 0 Å². The van der Waals surface area contributed by atoms with Gasteiger partial charge in [0, 0.05) is 4.97 Å². The van der Waals surface area contributed by atoms with Crippen LogP contribution in [-0.4, -0.2) is 16.0 Å². The molecule has 0 aliphatic carbocycles. The van der Waals surface area contributed by atoms with Gasteiger partial charge in [-0.15, -0.1) is 0 Å². The molecular formula is C3H9N5Na3O5+. The molecule has 0 radical (unpaired) electrons. The van der Waals surface area contributed by atoms with Gasteiger partial charge < -0.3 is 15.6 Å². The van der Waals surface area contributed by atoms with Crippen LogP contribution < -0.4 is 99.7 Å². The van der Waals surface area contributed by atoms with Gasteiger partial charge in [-0.2, -0.15) is 11.0 Å². The van der Waals surface area contributed by atoms with Crippen molar-refractivity contribution in [3.63, 3.8) is 0 Å². The van der Waals surface area contributed by atoms with Crippen molar-refractivity contribution in [3.05, 3.63) is 25.7 Å². The molecule has 13 heteroatoms. The van der Waals surface area contributed by atoms with Crippen LogP contribution in [0.4, 0.5) is 0 Å². The van der Waals surface area contributed by atoms with Gasteiger partial charge in [0.15, 0.2) is 0 Å². The Bertz CT molecular complexity index is 181. The summed E-state index contributed by atoms with van der Waals surface area (Å²) in [6, 6.07) is -0.0507. The molecule has 10 nitrogen and oxygen atoms in total.